The maximum Gasteiger partial charge on any atom is 0.305 e. The van der Waals surface area contributed by atoms with Gasteiger partial charge >= 0.3 is 5.97 Å². The van der Waals surface area contributed by atoms with Crippen LogP contribution in [0.3, 0.4) is 0 Å². The molecule has 2 N–H and O–H groups in total. The monoisotopic (exact) mass is 337 g/mol. The number of carboxylic acid groups (broad SMARTS) is 1. The first-order valence-electron chi connectivity index (χ1n) is 6.57. The van der Waals surface area contributed by atoms with Crippen LogP contribution in [0.2, 0.25) is 0 Å². The van der Waals surface area contributed by atoms with Gasteiger partial charge in [-0.25, -0.2) is 0 Å². The Bertz CT molecular complexity index is 674. The van der Waals surface area contributed by atoms with E-state index >= 15 is 0 Å². The molecule has 1 aromatic rings. The maximum atomic E-state index is 12.3. The third-order valence-electron chi connectivity index (χ3n) is 3.23. The van der Waals surface area contributed by atoms with Crippen molar-refractivity contribution in [3.05, 3.63) is 33.7 Å². The van der Waals surface area contributed by atoms with Gasteiger partial charge in [0.2, 0.25) is 0 Å². The number of aliphatic carboxylic acids is 1. The van der Waals surface area contributed by atoms with E-state index in [-0.39, 0.29) is 24.6 Å². The van der Waals surface area contributed by atoms with Crippen molar-refractivity contribution in [2.75, 3.05) is 6.54 Å². The quantitative estimate of drug-likeness (QED) is 0.650. The molecular formula is C15H15NO4S2. The predicted octanol–water partition coefficient (Wildman–Crippen LogP) is 2.68. The zero-order valence-corrected chi connectivity index (χ0v) is 13.8. The molecule has 1 aliphatic rings. The van der Waals surface area contributed by atoms with Gasteiger partial charge < -0.3 is 10.2 Å². The van der Waals surface area contributed by atoms with Gasteiger partial charge in [0, 0.05) is 6.54 Å². The highest BCUT2D eigenvalue weighted by Crippen LogP contribution is 2.33. The van der Waals surface area contributed by atoms with Gasteiger partial charge in [0.05, 0.1) is 11.3 Å². The van der Waals surface area contributed by atoms with Gasteiger partial charge in [0.15, 0.2) is 0 Å². The number of phenols is 1. The van der Waals surface area contributed by atoms with E-state index in [1.165, 1.54) is 4.90 Å². The molecular weight excluding hydrogens is 322 g/mol. The Morgan fingerprint density at radius 3 is 2.50 bits per heavy atom. The summed E-state index contributed by atoms with van der Waals surface area (Å²) in [7, 11) is 0. The highest BCUT2D eigenvalue weighted by atomic mass is 32.2. The van der Waals surface area contributed by atoms with Crippen molar-refractivity contribution in [1.82, 2.24) is 4.90 Å². The van der Waals surface area contributed by atoms with Crippen LogP contribution in [0, 0.1) is 13.8 Å². The van der Waals surface area contributed by atoms with Crippen molar-refractivity contribution in [3.8, 4) is 5.75 Å². The van der Waals surface area contributed by atoms with Crippen molar-refractivity contribution >= 4 is 46.3 Å². The second-order valence-corrected chi connectivity index (χ2v) is 6.66. The Morgan fingerprint density at radius 1 is 1.36 bits per heavy atom. The van der Waals surface area contributed by atoms with Crippen LogP contribution in [-0.2, 0) is 9.59 Å². The third kappa shape index (κ3) is 3.48. The van der Waals surface area contributed by atoms with Gasteiger partial charge in [-0.3, -0.25) is 14.5 Å². The van der Waals surface area contributed by atoms with Crippen molar-refractivity contribution in [2.24, 2.45) is 0 Å². The molecule has 1 aliphatic heterocycles. The summed E-state index contributed by atoms with van der Waals surface area (Å²) in [5.41, 5.74) is 2.26. The van der Waals surface area contributed by atoms with Crippen LogP contribution >= 0.6 is 24.0 Å². The summed E-state index contributed by atoms with van der Waals surface area (Å²) in [6.45, 7) is 3.65. The molecule has 1 heterocycles. The highest BCUT2D eigenvalue weighted by Gasteiger charge is 2.32. The Balaban J connectivity index is 2.25. The van der Waals surface area contributed by atoms with E-state index in [0.717, 1.165) is 28.5 Å². The third-order valence-corrected chi connectivity index (χ3v) is 4.61. The van der Waals surface area contributed by atoms with Crippen LogP contribution in [0.4, 0.5) is 0 Å². The minimum absolute atomic E-state index is 0.0744. The van der Waals surface area contributed by atoms with Crippen LogP contribution in [0.15, 0.2) is 17.0 Å². The molecule has 0 atom stereocenters. The summed E-state index contributed by atoms with van der Waals surface area (Å²) in [5, 5.41) is 18.5. The Labute approximate surface area is 137 Å². The normalized spacial score (nSPS) is 16.6. The number of carboxylic acids is 1. The number of amides is 1. The van der Waals surface area contributed by atoms with Gasteiger partial charge in [-0.1, -0.05) is 24.0 Å². The minimum atomic E-state index is -0.970. The van der Waals surface area contributed by atoms with E-state index in [1.807, 2.05) is 0 Å². The van der Waals surface area contributed by atoms with Crippen molar-refractivity contribution in [3.63, 3.8) is 0 Å². The summed E-state index contributed by atoms with van der Waals surface area (Å²) in [5.74, 6) is -1.01. The topological polar surface area (TPSA) is 77.8 Å². The highest BCUT2D eigenvalue weighted by molar-refractivity contribution is 8.26. The molecule has 0 aliphatic carbocycles. The lowest BCUT2D eigenvalue weighted by atomic mass is 10.1. The zero-order chi connectivity index (χ0) is 16.4. The zero-order valence-electron chi connectivity index (χ0n) is 12.1. The maximum absolute atomic E-state index is 12.3. The predicted molar refractivity (Wildman–Crippen MR) is 89.7 cm³/mol. The number of carbonyl (C=O) groups excluding carboxylic acids is 1. The molecule has 2 rings (SSSR count). The number of hydrogen-bond donors (Lipinski definition) is 2. The first kappa shape index (κ1) is 16.5. The van der Waals surface area contributed by atoms with E-state index in [4.69, 9.17) is 17.3 Å². The molecule has 1 aromatic carbocycles. The van der Waals surface area contributed by atoms with Crippen molar-refractivity contribution in [1.29, 1.82) is 0 Å². The van der Waals surface area contributed by atoms with Crippen LogP contribution in [0.1, 0.15) is 23.1 Å². The summed E-state index contributed by atoms with van der Waals surface area (Å²) < 4.78 is 0.365. The van der Waals surface area contributed by atoms with Crippen LogP contribution in [0.25, 0.3) is 6.08 Å². The average Bonchev–Trinajstić information content (AvgIpc) is 2.68. The van der Waals surface area contributed by atoms with E-state index in [1.54, 1.807) is 32.1 Å². The number of carbonyl (C=O) groups is 2. The molecule has 0 bridgehead atoms. The van der Waals surface area contributed by atoms with E-state index in [9.17, 15) is 14.7 Å². The largest absolute Gasteiger partial charge is 0.507 e. The molecule has 1 saturated heterocycles. The molecule has 0 aromatic heterocycles. The lowest BCUT2D eigenvalue weighted by Gasteiger charge is -2.12. The van der Waals surface area contributed by atoms with Crippen molar-refractivity contribution in [2.45, 2.75) is 20.3 Å². The molecule has 0 radical (unpaired) electrons. The summed E-state index contributed by atoms with van der Waals surface area (Å²) in [4.78, 5) is 24.7. The van der Waals surface area contributed by atoms with Gasteiger partial charge in [-0.15, -0.1) is 0 Å². The lowest BCUT2D eigenvalue weighted by molar-refractivity contribution is -0.137. The first-order chi connectivity index (χ1) is 10.3. The van der Waals surface area contributed by atoms with Gasteiger partial charge in [-0.05, 0) is 48.7 Å². The van der Waals surface area contributed by atoms with Crippen LogP contribution in [0.5, 0.6) is 5.75 Å². The summed E-state index contributed by atoms with van der Waals surface area (Å²) in [6.07, 6.45) is 1.57. The second-order valence-electron chi connectivity index (χ2n) is 4.98. The number of thioether (sulfide) groups is 1. The lowest BCUT2D eigenvalue weighted by Crippen LogP contribution is -2.30. The van der Waals surface area contributed by atoms with Crippen molar-refractivity contribution < 1.29 is 19.8 Å². The molecule has 5 nitrogen and oxygen atoms in total. The number of thiocarbonyl (C=S) groups is 1. The molecule has 0 unspecified atom stereocenters. The Hall–Kier alpha value is -1.86. The molecule has 22 heavy (non-hydrogen) atoms. The minimum Gasteiger partial charge on any atom is -0.507 e. The fourth-order valence-corrected chi connectivity index (χ4v) is 3.43. The fourth-order valence-electron chi connectivity index (χ4n) is 2.12. The molecule has 0 saturated carbocycles. The van der Waals surface area contributed by atoms with Gasteiger partial charge in [0.25, 0.3) is 5.91 Å². The molecule has 7 heteroatoms. The summed E-state index contributed by atoms with van der Waals surface area (Å²) in [6, 6.07) is 3.57. The van der Waals surface area contributed by atoms with Crippen LogP contribution < -0.4 is 0 Å². The first-order valence-corrected chi connectivity index (χ1v) is 7.79. The Morgan fingerprint density at radius 2 is 1.95 bits per heavy atom. The Kier molecular flexibility index (Phi) is 4.87. The van der Waals surface area contributed by atoms with Gasteiger partial charge in [-0.2, -0.15) is 0 Å². The number of nitrogens with zero attached hydrogens (tertiary/aromatic N) is 1. The fraction of sp³-hybridized carbons (Fsp3) is 0.267. The number of benzene rings is 1. The number of aromatic hydroxyl groups is 1. The average molecular weight is 337 g/mol. The number of aryl methyl sites for hydroxylation is 2. The number of rotatable bonds is 4. The van der Waals surface area contributed by atoms with E-state index < -0.39 is 5.97 Å². The SMILES string of the molecule is Cc1cc(/C=C2\SC(=S)N(CCC(=O)O)C2=O)cc(C)c1O. The van der Waals surface area contributed by atoms with Crippen LogP contribution in [-0.4, -0.2) is 37.9 Å². The van der Waals surface area contributed by atoms with E-state index in [0.29, 0.717) is 9.23 Å². The molecule has 1 amide bonds. The summed E-state index contributed by atoms with van der Waals surface area (Å²) >= 11 is 6.29. The van der Waals surface area contributed by atoms with E-state index in [2.05, 4.69) is 0 Å². The molecule has 0 spiro atoms. The molecule has 1 fully saturated rings. The standard InChI is InChI=1S/C15H15NO4S2/c1-8-5-10(6-9(2)13(8)19)7-11-14(20)16(15(21)22-11)4-3-12(17)18/h5-7,19H,3-4H2,1-2H3,(H,17,18)/b11-7-. The smallest absolute Gasteiger partial charge is 0.305 e. The number of hydrogen-bond acceptors (Lipinski definition) is 5. The number of phenolic OH excluding ortho intramolecular Hbond substituents is 1. The van der Waals surface area contributed by atoms with Gasteiger partial charge in [0.1, 0.15) is 10.1 Å². The molecule has 116 valence electrons. The second kappa shape index (κ2) is 6.50.